The number of amides is 1. The van der Waals surface area contributed by atoms with Crippen molar-refractivity contribution in [3.63, 3.8) is 0 Å². The minimum atomic E-state index is -0.231. The van der Waals surface area contributed by atoms with Crippen LogP contribution in [0.2, 0.25) is 0 Å². The van der Waals surface area contributed by atoms with Gasteiger partial charge in [0, 0.05) is 23.7 Å². The first-order valence-corrected chi connectivity index (χ1v) is 7.81. The number of thiazole rings is 1. The van der Waals surface area contributed by atoms with Crippen LogP contribution in [-0.2, 0) is 6.42 Å². The topological polar surface area (TPSA) is 64.4 Å². The Bertz CT molecular complexity index is 807. The molecule has 3 rings (SSSR count). The first-order valence-electron chi connectivity index (χ1n) is 6.93. The number of nitrogens with zero attached hydrogens (tertiary/aromatic N) is 1. The second-order valence-corrected chi connectivity index (χ2v) is 5.92. The lowest BCUT2D eigenvalue weighted by atomic mass is 10.2. The molecule has 2 heterocycles. The van der Waals surface area contributed by atoms with Crippen LogP contribution in [0.5, 0.6) is 5.75 Å². The summed E-state index contributed by atoms with van der Waals surface area (Å²) in [7, 11) is 1.58. The van der Waals surface area contributed by atoms with Crippen LogP contribution in [0.3, 0.4) is 0 Å². The van der Waals surface area contributed by atoms with Crippen molar-refractivity contribution in [1.29, 1.82) is 0 Å². The summed E-state index contributed by atoms with van der Waals surface area (Å²) in [4.78, 5) is 16.5. The summed E-state index contributed by atoms with van der Waals surface area (Å²) in [5, 5.41) is 6.73. The maximum absolute atomic E-state index is 12.1. The van der Waals surface area contributed by atoms with E-state index in [1.54, 1.807) is 30.6 Å². The number of ether oxygens (including phenoxy) is 1. The van der Waals surface area contributed by atoms with Gasteiger partial charge in [0.15, 0.2) is 17.1 Å². The van der Waals surface area contributed by atoms with Gasteiger partial charge in [-0.05, 0) is 19.1 Å². The van der Waals surface area contributed by atoms with E-state index in [-0.39, 0.29) is 11.7 Å². The highest BCUT2D eigenvalue weighted by Crippen LogP contribution is 2.28. The molecule has 0 fully saturated rings. The Hall–Kier alpha value is -2.34. The number of carbonyl (C=O) groups is 1. The molecule has 0 aliphatic rings. The smallest absolute Gasteiger partial charge is 0.287 e. The van der Waals surface area contributed by atoms with E-state index in [1.165, 1.54) is 0 Å². The van der Waals surface area contributed by atoms with Crippen molar-refractivity contribution >= 4 is 28.2 Å². The fourth-order valence-electron chi connectivity index (χ4n) is 2.22. The highest BCUT2D eigenvalue weighted by Gasteiger charge is 2.14. The van der Waals surface area contributed by atoms with Crippen molar-refractivity contribution in [2.75, 3.05) is 13.7 Å². The van der Waals surface area contributed by atoms with Crippen LogP contribution in [0, 0.1) is 6.92 Å². The van der Waals surface area contributed by atoms with Crippen molar-refractivity contribution < 1.29 is 13.9 Å². The highest BCUT2D eigenvalue weighted by atomic mass is 32.1. The van der Waals surface area contributed by atoms with Gasteiger partial charge in [-0.15, -0.1) is 11.3 Å². The highest BCUT2D eigenvalue weighted by molar-refractivity contribution is 7.09. The second-order valence-electron chi connectivity index (χ2n) is 4.85. The summed E-state index contributed by atoms with van der Waals surface area (Å²) < 4.78 is 10.8. The molecule has 1 aromatic carbocycles. The van der Waals surface area contributed by atoms with Gasteiger partial charge in [-0.25, -0.2) is 4.98 Å². The van der Waals surface area contributed by atoms with Crippen LogP contribution in [-0.4, -0.2) is 24.5 Å². The molecule has 0 unspecified atom stereocenters. The zero-order chi connectivity index (χ0) is 15.5. The third-order valence-electron chi connectivity index (χ3n) is 3.28. The molecule has 0 atom stereocenters. The molecule has 0 aliphatic heterocycles. The summed E-state index contributed by atoms with van der Waals surface area (Å²) in [6.07, 6.45) is 0.708. The van der Waals surface area contributed by atoms with Gasteiger partial charge in [0.05, 0.1) is 17.8 Å². The van der Waals surface area contributed by atoms with Gasteiger partial charge < -0.3 is 14.5 Å². The number of hydrogen-bond acceptors (Lipinski definition) is 5. The predicted octanol–water partition coefficient (Wildman–Crippen LogP) is 3.18. The van der Waals surface area contributed by atoms with Crippen LogP contribution in [0.4, 0.5) is 0 Å². The molecule has 1 amide bonds. The molecule has 5 nitrogen and oxygen atoms in total. The summed E-state index contributed by atoms with van der Waals surface area (Å²) in [5.74, 6) is 0.675. The van der Waals surface area contributed by atoms with E-state index in [4.69, 9.17) is 9.15 Å². The molecule has 0 saturated carbocycles. The number of nitrogens with one attached hydrogen (secondary N) is 1. The summed E-state index contributed by atoms with van der Waals surface area (Å²) in [6.45, 7) is 2.49. The van der Waals surface area contributed by atoms with E-state index < -0.39 is 0 Å². The van der Waals surface area contributed by atoms with Crippen molar-refractivity contribution in [1.82, 2.24) is 10.3 Å². The number of furan rings is 1. The van der Waals surface area contributed by atoms with Gasteiger partial charge in [-0.3, -0.25) is 4.79 Å². The Morgan fingerprint density at radius 2 is 2.32 bits per heavy atom. The zero-order valence-corrected chi connectivity index (χ0v) is 13.2. The molecule has 114 valence electrons. The minimum absolute atomic E-state index is 0.231. The fourth-order valence-corrected chi connectivity index (χ4v) is 2.87. The van der Waals surface area contributed by atoms with E-state index in [0.29, 0.717) is 24.3 Å². The third-order valence-corrected chi connectivity index (χ3v) is 4.11. The Labute approximate surface area is 131 Å². The van der Waals surface area contributed by atoms with Gasteiger partial charge >= 0.3 is 0 Å². The first-order chi connectivity index (χ1) is 10.7. The normalized spacial score (nSPS) is 10.8. The molecule has 3 aromatic rings. The standard InChI is InChI=1S/C16H16N2O3S/c1-10-18-12(9-22-10)6-7-17-16(19)14-8-11-4-3-5-13(20-2)15(11)21-14/h3-5,8-9H,6-7H2,1-2H3,(H,17,19). The number of aryl methyl sites for hydroxylation is 1. The van der Waals surface area contributed by atoms with Gasteiger partial charge in [0.25, 0.3) is 5.91 Å². The largest absolute Gasteiger partial charge is 0.493 e. The lowest BCUT2D eigenvalue weighted by Crippen LogP contribution is -2.25. The minimum Gasteiger partial charge on any atom is -0.493 e. The second kappa shape index (κ2) is 6.19. The zero-order valence-electron chi connectivity index (χ0n) is 12.4. The summed E-state index contributed by atoms with van der Waals surface area (Å²) in [6, 6.07) is 7.28. The molecule has 22 heavy (non-hydrogen) atoms. The first kappa shape index (κ1) is 14.6. The Kier molecular flexibility index (Phi) is 4.11. The molecule has 0 radical (unpaired) electrons. The van der Waals surface area contributed by atoms with E-state index >= 15 is 0 Å². The number of aromatic nitrogens is 1. The lowest BCUT2D eigenvalue weighted by Gasteiger charge is -2.01. The molecule has 1 N–H and O–H groups in total. The maximum atomic E-state index is 12.1. The molecule has 0 bridgehead atoms. The molecular weight excluding hydrogens is 300 g/mol. The van der Waals surface area contributed by atoms with Gasteiger partial charge in [0.2, 0.25) is 0 Å². The lowest BCUT2D eigenvalue weighted by molar-refractivity contribution is 0.0928. The van der Waals surface area contributed by atoms with E-state index in [2.05, 4.69) is 10.3 Å². The van der Waals surface area contributed by atoms with Crippen molar-refractivity contribution in [2.24, 2.45) is 0 Å². The molecule has 0 aliphatic carbocycles. The van der Waals surface area contributed by atoms with Crippen molar-refractivity contribution in [2.45, 2.75) is 13.3 Å². The number of benzene rings is 1. The Balaban J connectivity index is 1.67. The number of carbonyl (C=O) groups excluding carboxylic acids is 1. The quantitative estimate of drug-likeness (QED) is 0.785. The van der Waals surface area contributed by atoms with Crippen LogP contribution < -0.4 is 10.1 Å². The van der Waals surface area contributed by atoms with E-state index in [1.807, 2.05) is 24.4 Å². The number of fused-ring (bicyclic) bond motifs is 1. The molecular formula is C16H16N2O3S. The van der Waals surface area contributed by atoms with Crippen LogP contribution in [0.1, 0.15) is 21.3 Å². The summed E-state index contributed by atoms with van der Waals surface area (Å²) in [5.41, 5.74) is 1.58. The van der Waals surface area contributed by atoms with E-state index in [0.717, 1.165) is 16.1 Å². The predicted molar refractivity (Wildman–Crippen MR) is 85.7 cm³/mol. The van der Waals surface area contributed by atoms with Gasteiger partial charge in [-0.1, -0.05) is 12.1 Å². The number of para-hydroxylation sites is 1. The van der Waals surface area contributed by atoms with Crippen LogP contribution in [0.15, 0.2) is 34.1 Å². The van der Waals surface area contributed by atoms with Crippen LogP contribution >= 0.6 is 11.3 Å². The Morgan fingerprint density at radius 3 is 3.05 bits per heavy atom. The van der Waals surface area contributed by atoms with E-state index in [9.17, 15) is 4.79 Å². The Morgan fingerprint density at radius 1 is 1.45 bits per heavy atom. The molecule has 6 heteroatoms. The average molecular weight is 316 g/mol. The number of hydrogen-bond donors (Lipinski definition) is 1. The summed E-state index contributed by atoms with van der Waals surface area (Å²) >= 11 is 1.61. The SMILES string of the molecule is COc1cccc2cc(C(=O)NCCc3csc(C)n3)oc12. The van der Waals surface area contributed by atoms with Crippen molar-refractivity contribution in [3.05, 3.63) is 46.1 Å². The fraction of sp³-hybridized carbons (Fsp3) is 0.250. The molecule has 2 aromatic heterocycles. The monoisotopic (exact) mass is 316 g/mol. The van der Waals surface area contributed by atoms with Gasteiger partial charge in [0.1, 0.15) is 0 Å². The number of methoxy groups -OCH3 is 1. The average Bonchev–Trinajstić information content (AvgIpc) is 3.12. The van der Waals surface area contributed by atoms with Crippen LogP contribution in [0.25, 0.3) is 11.0 Å². The molecule has 0 saturated heterocycles. The maximum Gasteiger partial charge on any atom is 0.287 e. The number of rotatable bonds is 5. The third kappa shape index (κ3) is 2.96. The molecule has 0 spiro atoms. The van der Waals surface area contributed by atoms with Crippen molar-refractivity contribution in [3.8, 4) is 5.75 Å². The van der Waals surface area contributed by atoms with Gasteiger partial charge in [-0.2, -0.15) is 0 Å².